The molecule has 0 aliphatic carbocycles. The predicted molar refractivity (Wildman–Crippen MR) is 125 cm³/mol. The molecule has 1 aromatic heterocycles. The summed E-state index contributed by atoms with van der Waals surface area (Å²) in [5.41, 5.74) is 5.59. The summed E-state index contributed by atoms with van der Waals surface area (Å²) in [5.74, 6) is -0.631. The molecule has 0 spiro atoms. The number of amides is 1. The van der Waals surface area contributed by atoms with E-state index < -0.39 is 37.8 Å². The molecule has 1 fully saturated rings. The average Bonchev–Trinajstić information content (AvgIpc) is 3.10. The molecule has 192 valence electrons. The van der Waals surface area contributed by atoms with Gasteiger partial charge in [0.15, 0.2) is 6.04 Å². The summed E-state index contributed by atoms with van der Waals surface area (Å²) in [5, 5.41) is 0. The van der Waals surface area contributed by atoms with Crippen LogP contribution in [0.25, 0.3) is 0 Å². The maximum Gasteiger partial charge on any atom is 0.310 e. The van der Waals surface area contributed by atoms with Crippen molar-refractivity contribution in [3.8, 4) is 5.75 Å². The highest BCUT2D eigenvalue weighted by Gasteiger charge is 2.36. The second-order valence-electron chi connectivity index (χ2n) is 7.33. The van der Waals surface area contributed by atoms with E-state index in [9.17, 15) is 26.5 Å². The number of likely N-dealkylation sites (N-methyl/N-ethyl adjacent to an activating group) is 1. The van der Waals surface area contributed by atoms with Crippen LogP contribution in [0, 0.1) is 4.91 Å². The number of nitroso groups, excluding NO2 is 1. The van der Waals surface area contributed by atoms with Gasteiger partial charge in [0.25, 0.3) is 25.2 Å². The van der Waals surface area contributed by atoms with Gasteiger partial charge in [-0.2, -0.15) is 16.8 Å². The van der Waals surface area contributed by atoms with Crippen LogP contribution in [-0.2, 0) is 31.5 Å². The third-order valence-corrected chi connectivity index (χ3v) is 6.20. The van der Waals surface area contributed by atoms with Crippen LogP contribution < -0.4 is 20.5 Å². The van der Waals surface area contributed by atoms with Crippen molar-refractivity contribution < 1.29 is 40.5 Å². The summed E-state index contributed by atoms with van der Waals surface area (Å²) in [6.45, 7) is 1.24. The highest BCUT2D eigenvalue weighted by atomic mass is 32.2. The molecule has 1 unspecified atom stereocenters. The minimum absolute atomic E-state index is 0.326. The average molecular weight is 533 g/mol. The van der Waals surface area contributed by atoms with Gasteiger partial charge in [0.2, 0.25) is 0 Å². The van der Waals surface area contributed by atoms with Crippen molar-refractivity contribution in [2.75, 3.05) is 36.6 Å². The van der Waals surface area contributed by atoms with Crippen molar-refractivity contribution in [1.29, 1.82) is 0 Å². The number of carbonyl (C=O) groups is 1. The molecule has 1 aromatic carbocycles. The fraction of sp³-hybridized carbons (Fsp3) is 0.368. The van der Waals surface area contributed by atoms with E-state index in [0.29, 0.717) is 24.6 Å². The Balaban J connectivity index is 0.000000367. The number of hydrazine groups is 2. The number of carbonyl (C=O) groups excluding carboxylic acids is 1. The Labute approximate surface area is 202 Å². The molecule has 1 aliphatic rings. The molecular formula is C19H26N5O9S2+. The van der Waals surface area contributed by atoms with Crippen LogP contribution in [0.15, 0.2) is 48.7 Å². The van der Waals surface area contributed by atoms with E-state index in [0.717, 1.165) is 17.1 Å². The van der Waals surface area contributed by atoms with Crippen LogP contribution >= 0.6 is 0 Å². The van der Waals surface area contributed by atoms with E-state index in [1.165, 1.54) is 0 Å². The number of aromatic nitrogens is 1. The number of pyridine rings is 1. The minimum Gasteiger partial charge on any atom is -0.492 e. The van der Waals surface area contributed by atoms with Crippen LogP contribution in [0.1, 0.15) is 5.56 Å². The SMILES string of the molecule is CN(CCOc1ccc(CC2N[N+](=O)NC2=O)cc1)c1ccccn1.O=S(=O)(O)CCS(=O)(=O)O. The molecule has 1 amide bonds. The lowest BCUT2D eigenvalue weighted by molar-refractivity contribution is -0.636. The van der Waals surface area contributed by atoms with E-state index in [2.05, 4.69) is 15.8 Å². The standard InChI is InChI=1S/C17H19N5O3.C2H6O6S2/c1-21(16-4-2-3-9-18-16)10-11-25-14-7-5-13(6-8-14)12-15-17(23)20-22(24)19-15;3-9(4,5)1-2-10(6,7)8/h2-9,15H,10-12H2,1H3,(H-,19,20,23,24);1-2H2,(H,3,4,5)(H,6,7,8)/p+1. The Morgan fingerprint density at radius 1 is 1.06 bits per heavy atom. The first-order chi connectivity index (χ1) is 16.3. The Morgan fingerprint density at radius 2 is 1.69 bits per heavy atom. The number of nitrogens with one attached hydrogen (secondary N) is 2. The monoisotopic (exact) mass is 532 g/mol. The summed E-state index contributed by atoms with van der Waals surface area (Å²) >= 11 is 0. The van der Waals surface area contributed by atoms with Crippen LogP contribution in [0.2, 0.25) is 0 Å². The highest BCUT2D eigenvalue weighted by molar-refractivity contribution is 7.89. The molecular weight excluding hydrogens is 506 g/mol. The Morgan fingerprint density at radius 3 is 2.17 bits per heavy atom. The molecule has 0 saturated carbocycles. The quantitative estimate of drug-likeness (QED) is 0.229. The zero-order valence-electron chi connectivity index (χ0n) is 18.6. The first-order valence-corrected chi connectivity index (χ1v) is 13.3. The van der Waals surface area contributed by atoms with Gasteiger partial charge in [0.1, 0.15) is 18.2 Å². The molecule has 35 heavy (non-hydrogen) atoms. The predicted octanol–water partition coefficient (Wildman–Crippen LogP) is -0.402. The smallest absolute Gasteiger partial charge is 0.310 e. The van der Waals surface area contributed by atoms with Gasteiger partial charge in [-0.25, -0.2) is 4.98 Å². The molecule has 2 aromatic rings. The largest absolute Gasteiger partial charge is 0.492 e. The summed E-state index contributed by atoms with van der Waals surface area (Å²) in [6, 6.07) is 12.7. The number of anilines is 1. The van der Waals surface area contributed by atoms with Crippen LogP contribution in [0.3, 0.4) is 0 Å². The Kier molecular flexibility index (Phi) is 9.88. The maximum absolute atomic E-state index is 11.5. The zero-order chi connectivity index (χ0) is 26.1. The topological polar surface area (TPSA) is 195 Å². The molecule has 0 radical (unpaired) electrons. The van der Waals surface area contributed by atoms with Crippen LogP contribution in [0.4, 0.5) is 5.82 Å². The first kappa shape index (κ1) is 27.9. The second kappa shape index (κ2) is 12.4. The van der Waals surface area contributed by atoms with Crippen LogP contribution in [0.5, 0.6) is 5.75 Å². The van der Waals surface area contributed by atoms with Gasteiger partial charge in [0.05, 0.1) is 23.0 Å². The minimum atomic E-state index is -4.30. The third-order valence-electron chi connectivity index (χ3n) is 4.50. The molecule has 1 atom stereocenters. The highest BCUT2D eigenvalue weighted by Crippen LogP contribution is 2.15. The molecule has 1 saturated heterocycles. The van der Waals surface area contributed by atoms with E-state index in [1.54, 1.807) is 6.20 Å². The molecule has 0 bridgehead atoms. The third kappa shape index (κ3) is 11.1. The van der Waals surface area contributed by atoms with Gasteiger partial charge in [-0.05, 0) is 29.8 Å². The number of hydrogen-bond acceptors (Lipinski definition) is 9. The van der Waals surface area contributed by atoms with Crippen molar-refractivity contribution >= 4 is 32.0 Å². The van der Waals surface area contributed by atoms with Gasteiger partial charge >= 0.3 is 5.91 Å². The van der Waals surface area contributed by atoms with E-state index >= 15 is 0 Å². The molecule has 14 nitrogen and oxygen atoms in total. The number of ether oxygens (including phenoxy) is 1. The normalized spacial score (nSPS) is 15.5. The van der Waals surface area contributed by atoms with E-state index in [1.807, 2.05) is 54.4 Å². The lowest BCUT2D eigenvalue weighted by Gasteiger charge is -2.18. The van der Waals surface area contributed by atoms with Gasteiger partial charge < -0.3 is 9.64 Å². The van der Waals surface area contributed by atoms with Gasteiger partial charge in [-0.3, -0.25) is 13.9 Å². The van der Waals surface area contributed by atoms with Crippen molar-refractivity contribution in [3.63, 3.8) is 0 Å². The fourth-order valence-corrected chi connectivity index (χ4v) is 4.40. The number of hydrogen-bond donors (Lipinski definition) is 4. The Bertz CT molecular complexity index is 1180. The summed E-state index contributed by atoms with van der Waals surface area (Å²) in [6.07, 6.45) is 2.20. The van der Waals surface area contributed by atoms with Crippen molar-refractivity contribution in [2.24, 2.45) is 0 Å². The van der Waals surface area contributed by atoms with Crippen LogP contribution in [-0.4, -0.2) is 79.6 Å². The number of rotatable bonds is 10. The van der Waals surface area contributed by atoms with Crippen molar-refractivity contribution in [1.82, 2.24) is 15.8 Å². The van der Waals surface area contributed by atoms with Gasteiger partial charge in [-0.15, -0.1) is 5.43 Å². The number of benzene rings is 1. The van der Waals surface area contributed by atoms with Gasteiger partial charge in [-0.1, -0.05) is 23.6 Å². The maximum atomic E-state index is 11.5. The molecule has 16 heteroatoms. The first-order valence-electron chi connectivity index (χ1n) is 10.1. The molecule has 3 rings (SSSR count). The summed E-state index contributed by atoms with van der Waals surface area (Å²) in [7, 11) is -6.63. The lowest BCUT2D eigenvalue weighted by atomic mass is 10.1. The zero-order valence-corrected chi connectivity index (χ0v) is 20.3. The molecule has 4 N–H and O–H groups in total. The lowest BCUT2D eigenvalue weighted by Crippen LogP contribution is -2.31. The van der Waals surface area contributed by atoms with Crippen molar-refractivity contribution in [2.45, 2.75) is 12.5 Å². The van der Waals surface area contributed by atoms with E-state index in [-0.39, 0.29) is 5.91 Å². The van der Waals surface area contributed by atoms with Gasteiger partial charge in [0, 0.05) is 19.7 Å². The van der Waals surface area contributed by atoms with Crippen molar-refractivity contribution in [3.05, 3.63) is 59.1 Å². The second-order valence-corrected chi connectivity index (χ2v) is 10.5. The molecule has 2 heterocycles. The van der Waals surface area contributed by atoms with E-state index in [4.69, 9.17) is 13.8 Å². The molecule has 1 aliphatic heterocycles. The number of nitrogens with zero attached hydrogens (tertiary/aromatic N) is 3. The summed E-state index contributed by atoms with van der Waals surface area (Å²) in [4.78, 5) is 29.2. The Hall–Kier alpha value is -3.34. The summed E-state index contributed by atoms with van der Waals surface area (Å²) < 4.78 is 61.1. The fourth-order valence-electron chi connectivity index (χ4n) is 2.71.